The number of hydrogen-bond acceptors (Lipinski definition) is 3. The van der Waals surface area contributed by atoms with E-state index < -0.39 is 0 Å². The highest BCUT2D eigenvalue weighted by molar-refractivity contribution is 14.0. The molecule has 0 spiro atoms. The Kier molecular flexibility index (Phi) is 7.90. The van der Waals surface area contributed by atoms with Gasteiger partial charge in [0.15, 0.2) is 5.96 Å². The van der Waals surface area contributed by atoms with Gasteiger partial charge in [-0.15, -0.1) is 35.3 Å². The Hall–Kier alpha value is -1.22. The van der Waals surface area contributed by atoms with Crippen LogP contribution >= 0.6 is 35.3 Å². The van der Waals surface area contributed by atoms with Crippen molar-refractivity contribution in [1.29, 1.82) is 0 Å². The molecule has 0 amide bonds. The first-order valence-electron chi connectivity index (χ1n) is 7.12. The normalized spacial score (nSPS) is 11.1. The van der Waals surface area contributed by atoms with Gasteiger partial charge in [0.05, 0.1) is 12.2 Å². The predicted octanol–water partition coefficient (Wildman–Crippen LogP) is 3.69. The van der Waals surface area contributed by atoms with Crippen molar-refractivity contribution in [2.45, 2.75) is 33.9 Å². The molecule has 23 heavy (non-hydrogen) atoms. The molecule has 0 fully saturated rings. The molecule has 0 radical (unpaired) electrons. The molecule has 0 saturated heterocycles. The number of nitrogens with zero attached hydrogens (tertiary/aromatic N) is 2. The first kappa shape index (κ1) is 19.8. The van der Waals surface area contributed by atoms with E-state index in [2.05, 4.69) is 27.5 Å². The summed E-state index contributed by atoms with van der Waals surface area (Å²) in [5.41, 5.74) is 2.60. The number of guanidine groups is 1. The highest BCUT2D eigenvalue weighted by atomic mass is 127. The van der Waals surface area contributed by atoms with Crippen molar-refractivity contribution in [2.24, 2.45) is 4.99 Å². The zero-order valence-electron chi connectivity index (χ0n) is 13.7. The maximum atomic E-state index is 13.5. The maximum absolute atomic E-state index is 13.5. The van der Waals surface area contributed by atoms with Crippen LogP contribution in [0.2, 0.25) is 0 Å². The Morgan fingerprint density at radius 3 is 2.48 bits per heavy atom. The van der Waals surface area contributed by atoms with Gasteiger partial charge in [-0.3, -0.25) is 4.99 Å². The average Bonchev–Trinajstić information content (AvgIpc) is 2.81. The van der Waals surface area contributed by atoms with Crippen LogP contribution in [0, 0.1) is 26.6 Å². The number of nitrogens with one attached hydrogen (secondary N) is 2. The van der Waals surface area contributed by atoms with Gasteiger partial charge in [0.1, 0.15) is 10.8 Å². The van der Waals surface area contributed by atoms with E-state index in [0.717, 1.165) is 16.3 Å². The smallest absolute Gasteiger partial charge is 0.191 e. The van der Waals surface area contributed by atoms with Gasteiger partial charge >= 0.3 is 0 Å². The molecule has 2 aromatic rings. The maximum Gasteiger partial charge on any atom is 0.191 e. The molecule has 0 atom stereocenters. The number of hydrogen-bond donors (Lipinski definition) is 2. The van der Waals surface area contributed by atoms with Gasteiger partial charge in [-0.25, -0.2) is 9.37 Å². The van der Waals surface area contributed by atoms with E-state index in [1.165, 1.54) is 4.88 Å². The van der Waals surface area contributed by atoms with Crippen molar-refractivity contribution in [1.82, 2.24) is 15.6 Å². The third kappa shape index (κ3) is 5.72. The SMILES string of the molecule is CN=C(NCc1ccc(C)c(F)c1)NCc1nc(C)c(C)s1.I. The minimum atomic E-state index is -0.184. The van der Waals surface area contributed by atoms with Gasteiger partial charge in [-0.1, -0.05) is 12.1 Å². The number of aromatic nitrogens is 1. The second kappa shape index (κ2) is 9.17. The van der Waals surface area contributed by atoms with E-state index in [1.54, 1.807) is 37.4 Å². The second-order valence-corrected chi connectivity index (χ2v) is 6.40. The third-order valence-electron chi connectivity index (χ3n) is 3.40. The fourth-order valence-corrected chi connectivity index (χ4v) is 2.80. The highest BCUT2D eigenvalue weighted by Gasteiger charge is 2.05. The summed E-state index contributed by atoms with van der Waals surface area (Å²) in [6.45, 7) is 6.98. The van der Waals surface area contributed by atoms with Crippen LogP contribution in [0.25, 0.3) is 0 Å². The van der Waals surface area contributed by atoms with Crippen molar-refractivity contribution in [3.63, 3.8) is 0 Å². The van der Waals surface area contributed by atoms with Crippen LogP contribution in [0.3, 0.4) is 0 Å². The third-order valence-corrected chi connectivity index (χ3v) is 4.47. The van der Waals surface area contributed by atoms with Crippen molar-refractivity contribution >= 4 is 41.3 Å². The Bertz CT molecular complexity index is 665. The van der Waals surface area contributed by atoms with E-state index in [4.69, 9.17) is 0 Å². The molecular weight excluding hydrogens is 426 g/mol. The molecule has 2 rings (SSSR count). The summed E-state index contributed by atoms with van der Waals surface area (Å²) < 4.78 is 13.5. The molecule has 0 aliphatic heterocycles. The molecule has 2 N–H and O–H groups in total. The summed E-state index contributed by atoms with van der Waals surface area (Å²) in [4.78, 5) is 9.88. The molecule has 126 valence electrons. The number of aryl methyl sites for hydroxylation is 3. The summed E-state index contributed by atoms with van der Waals surface area (Å²) in [6.07, 6.45) is 0. The van der Waals surface area contributed by atoms with Gasteiger partial charge < -0.3 is 10.6 Å². The highest BCUT2D eigenvalue weighted by Crippen LogP contribution is 2.15. The van der Waals surface area contributed by atoms with Crippen LogP contribution in [0.4, 0.5) is 4.39 Å². The van der Waals surface area contributed by atoms with Crippen molar-refractivity contribution in [3.8, 4) is 0 Å². The van der Waals surface area contributed by atoms with Crippen LogP contribution in [0.15, 0.2) is 23.2 Å². The summed E-state index contributed by atoms with van der Waals surface area (Å²) >= 11 is 1.68. The molecule has 0 bridgehead atoms. The first-order chi connectivity index (χ1) is 10.5. The predicted molar refractivity (Wildman–Crippen MR) is 105 cm³/mol. The Morgan fingerprint density at radius 1 is 1.22 bits per heavy atom. The summed E-state index contributed by atoms with van der Waals surface area (Å²) in [5.74, 6) is 0.488. The van der Waals surface area contributed by atoms with Crippen LogP contribution in [0.5, 0.6) is 0 Å². The lowest BCUT2D eigenvalue weighted by atomic mass is 10.1. The Labute approximate surface area is 157 Å². The quantitative estimate of drug-likeness (QED) is 0.426. The molecule has 1 aromatic carbocycles. The standard InChI is InChI=1S/C16H21FN4S.HI/c1-10-5-6-13(7-14(10)17)8-19-16(18-4)20-9-15-21-11(2)12(3)22-15;/h5-7H,8-9H2,1-4H3,(H2,18,19,20);1H. The molecule has 0 saturated carbocycles. The van der Waals surface area contributed by atoms with Crippen molar-refractivity contribution in [3.05, 3.63) is 50.7 Å². The van der Waals surface area contributed by atoms with Crippen molar-refractivity contribution < 1.29 is 4.39 Å². The van der Waals surface area contributed by atoms with Crippen LogP contribution in [0.1, 0.15) is 26.7 Å². The lowest BCUT2D eigenvalue weighted by Crippen LogP contribution is -2.36. The molecule has 1 heterocycles. The van der Waals surface area contributed by atoms with E-state index in [1.807, 2.05) is 13.0 Å². The molecular formula is C16H22FIN4S. The minimum absolute atomic E-state index is 0. The van der Waals surface area contributed by atoms with Crippen LogP contribution in [-0.2, 0) is 13.1 Å². The van der Waals surface area contributed by atoms with Gasteiger partial charge in [-0.05, 0) is 38.0 Å². The second-order valence-electron chi connectivity index (χ2n) is 5.11. The van der Waals surface area contributed by atoms with Gasteiger partial charge in [-0.2, -0.15) is 0 Å². The Balaban J connectivity index is 0.00000264. The lowest BCUT2D eigenvalue weighted by molar-refractivity contribution is 0.615. The molecule has 1 aromatic heterocycles. The fourth-order valence-electron chi connectivity index (χ4n) is 1.93. The largest absolute Gasteiger partial charge is 0.352 e. The van der Waals surface area contributed by atoms with Crippen molar-refractivity contribution in [2.75, 3.05) is 7.05 Å². The minimum Gasteiger partial charge on any atom is -0.352 e. The molecule has 7 heteroatoms. The van der Waals surface area contributed by atoms with Crippen LogP contribution in [-0.4, -0.2) is 18.0 Å². The molecule has 0 aliphatic rings. The first-order valence-corrected chi connectivity index (χ1v) is 7.93. The summed E-state index contributed by atoms with van der Waals surface area (Å²) in [7, 11) is 1.71. The fraction of sp³-hybridized carbons (Fsp3) is 0.375. The monoisotopic (exact) mass is 448 g/mol. The number of aliphatic imine (C=N–C) groups is 1. The molecule has 0 unspecified atom stereocenters. The van der Waals surface area contributed by atoms with Gasteiger partial charge in [0.25, 0.3) is 0 Å². The topological polar surface area (TPSA) is 49.3 Å². The number of halogens is 2. The zero-order chi connectivity index (χ0) is 16.1. The van der Waals surface area contributed by atoms with Gasteiger partial charge in [0.2, 0.25) is 0 Å². The average molecular weight is 448 g/mol. The van der Waals surface area contributed by atoms with E-state index in [-0.39, 0.29) is 29.8 Å². The zero-order valence-corrected chi connectivity index (χ0v) is 16.9. The van der Waals surface area contributed by atoms with Gasteiger partial charge in [0, 0.05) is 18.5 Å². The number of benzene rings is 1. The van der Waals surface area contributed by atoms with E-state index >= 15 is 0 Å². The lowest BCUT2D eigenvalue weighted by Gasteiger charge is -2.11. The molecule has 4 nitrogen and oxygen atoms in total. The number of rotatable bonds is 4. The summed E-state index contributed by atoms with van der Waals surface area (Å²) in [6, 6.07) is 5.24. The Morgan fingerprint density at radius 2 is 1.91 bits per heavy atom. The number of thiazole rings is 1. The van der Waals surface area contributed by atoms with E-state index in [0.29, 0.717) is 24.6 Å². The van der Waals surface area contributed by atoms with Crippen LogP contribution < -0.4 is 10.6 Å². The summed E-state index contributed by atoms with van der Waals surface area (Å²) in [5, 5.41) is 7.42. The molecule has 0 aliphatic carbocycles. The van der Waals surface area contributed by atoms with E-state index in [9.17, 15) is 4.39 Å².